The van der Waals surface area contributed by atoms with E-state index in [9.17, 15) is 14.4 Å². The van der Waals surface area contributed by atoms with Gasteiger partial charge >= 0.3 is 0 Å². The number of rotatable bonds is 6. The highest BCUT2D eigenvalue weighted by atomic mass is 32.1. The lowest BCUT2D eigenvalue weighted by Gasteiger charge is -2.38. The highest BCUT2D eigenvalue weighted by Crippen LogP contribution is 2.48. The number of fused-ring (bicyclic) bond motifs is 1. The molecule has 3 fully saturated rings. The van der Waals surface area contributed by atoms with Crippen LogP contribution in [-0.4, -0.2) is 95.4 Å². The summed E-state index contributed by atoms with van der Waals surface area (Å²) >= 11 is 1.48. The molecule has 7 rings (SSSR count). The number of piperidine rings is 1. The van der Waals surface area contributed by atoms with E-state index in [-0.39, 0.29) is 5.91 Å². The minimum Gasteiger partial charge on any atom is -0.389 e. The van der Waals surface area contributed by atoms with Crippen LogP contribution in [0, 0.1) is 11.3 Å². The van der Waals surface area contributed by atoms with Crippen LogP contribution in [0.3, 0.4) is 0 Å². The molecule has 3 saturated heterocycles. The number of nitrogen functional groups attached to an aromatic ring is 1. The number of hydrogen-bond acceptors (Lipinski definition) is 11. The van der Waals surface area contributed by atoms with E-state index in [2.05, 4.69) is 45.5 Å². The smallest absolute Gasteiger partial charge is 0.246 e. The zero-order chi connectivity index (χ0) is 32.0. The summed E-state index contributed by atoms with van der Waals surface area (Å²) in [7, 11) is 0. The summed E-state index contributed by atoms with van der Waals surface area (Å²) in [5.74, 6) is 1.65. The molecule has 3 aromatic rings. The Morgan fingerprint density at radius 2 is 1.93 bits per heavy atom. The van der Waals surface area contributed by atoms with Crippen LogP contribution in [0.1, 0.15) is 60.9 Å². The summed E-state index contributed by atoms with van der Waals surface area (Å²) in [4.78, 5) is 32.0. The van der Waals surface area contributed by atoms with E-state index in [1.54, 1.807) is 0 Å². The largest absolute Gasteiger partial charge is 0.389 e. The topological polar surface area (TPSA) is 132 Å². The van der Waals surface area contributed by atoms with E-state index in [0.29, 0.717) is 73.2 Å². The molecule has 4 aliphatic rings. The van der Waals surface area contributed by atoms with Crippen LogP contribution in [0.15, 0.2) is 29.3 Å². The SMILES string of the molecule is C=CC(=O)N1CCN(c2cc(-c3noc(C4(C)CCCc5sc(N)c(C#N)c54)n3)nc(N3CCC(N4CCC(F)C4)CC3)c2)CC1. The zero-order valence-electron chi connectivity index (χ0n) is 26.3. The molecular formula is C33H40FN9O2S. The number of nitrogens with zero attached hydrogens (tertiary/aromatic N) is 8. The quantitative estimate of drug-likeness (QED) is 0.390. The maximum atomic E-state index is 13.9. The molecule has 0 saturated carbocycles. The number of aromatic nitrogens is 3. The van der Waals surface area contributed by atoms with Gasteiger partial charge < -0.3 is 25.0 Å². The fourth-order valence-corrected chi connectivity index (χ4v) is 8.86. The van der Waals surface area contributed by atoms with Gasteiger partial charge in [-0.05, 0) is 57.6 Å². The van der Waals surface area contributed by atoms with Gasteiger partial charge in [0.2, 0.25) is 17.6 Å². The van der Waals surface area contributed by atoms with Crippen LogP contribution in [0.25, 0.3) is 11.5 Å². The average molecular weight is 646 g/mol. The minimum absolute atomic E-state index is 0.0543. The lowest BCUT2D eigenvalue weighted by molar-refractivity contribution is -0.126. The molecule has 1 amide bonds. The molecule has 2 N–H and O–H groups in total. The van der Waals surface area contributed by atoms with Gasteiger partial charge in [0.25, 0.3) is 0 Å². The predicted octanol–water partition coefficient (Wildman–Crippen LogP) is 4.14. The number of halogens is 1. The first kappa shape index (κ1) is 30.6. The molecule has 46 heavy (non-hydrogen) atoms. The summed E-state index contributed by atoms with van der Waals surface area (Å²) in [5, 5.41) is 14.9. The number of anilines is 3. The first-order valence-corrected chi connectivity index (χ1v) is 17.1. The Morgan fingerprint density at radius 1 is 1.15 bits per heavy atom. The average Bonchev–Trinajstić information content (AvgIpc) is 3.83. The van der Waals surface area contributed by atoms with E-state index in [4.69, 9.17) is 20.2 Å². The van der Waals surface area contributed by atoms with Crippen molar-refractivity contribution < 1.29 is 13.7 Å². The third-order valence-corrected chi connectivity index (χ3v) is 11.4. The Kier molecular flexibility index (Phi) is 8.19. The van der Waals surface area contributed by atoms with Crippen LogP contribution >= 0.6 is 11.3 Å². The summed E-state index contributed by atoms with van der Waals surface area (Å²) in [6.07, 6.45) is 5.77. The second-order valence-corrected chi connectivity index (χ2v) is 14.2. The first-order chi connectivity index (χ1) is 22.3. The van der Waals surface area contributed by atoms with Gasteiger partial charge in [-0.3, -0.25) is 9.69 Å². The molecule has 0 aromatic carbocycles. The number of alkyl halides is 1. The fourth-order valence-electron chi connectivity index (χ4n) is 7.67. The van der Waals surface area contributed by atoms with Crippen molar-refractivity contribution in [3.63, 3.8) is 0 Å². The van der Waals surface area contributed by atoms with Crippen LogP contribution in [0.4, 0.5) is 20.9 Å². The van der Waals surface area contributed by atoms with Crippen LogP contribution in [0.5, 0.6) is 0 Å². The van der Waals surface area contributed by atoms with Gasteiger partial charge in [-0.25, -0.2) is 9.37 Å². The molecular weight excluding hydrogens is 605 g/mol. The lowest BCUT2D eigenvalue weighted by Crippen LogP contribution is -2.48. The third-order valence-electron chi connectivity index (χ3n) is 10.3. The van der Waals surface area contributed by atoms with Gasteiger partial charge in [0.15, 0.2) is 0 Å². The molecule has 1 aliphatic carbocycles. The van der Waals surface area contributed by atoms with Gasteiger partial charge in [-0.2, -0.15) is 10.2 Å². The normalized spacial score (nSPS) is 24.2. The number of likely N-dealkylation sites (tertiary alicyclic amines) is 1. The van der Waals surface area contributed by atoms with E-state index in [1.807, 2.05) is 11.0 Å². The van der Waals surface area contributed by atoms with Crippen LogP contribution in [0.2, 0.25) is 0 Å². The molecule has 6 heterocycles. The van der Waals surface area contributed by atoms with Crippen LogP contribution < -0.4 is 15.5 Å². The highest BCUT2D eigenvalue weighted by molar-refractivity contribution is 7.16. The fraction of sp³-hybridized carbons (Fsp3) is 0.545. The monoisotopic (exact) mass is 645 g/mol. The molecule has 2 atom stereocenters. The Hall–Kier alpha value is -4.02. The standard InChI is InChI=1S/C33H40FN9O2S/c1-3-28(44)42-15-13-40(14-16-42)23-17-25(37-27(18-23)41-11-7-22(8-12-41)43-10-6-21(34)20-43)31-38-32(45-39-31)33(2)9-4-5-26-29(33)24(19-35)30(36)46-26/h3,17-18,21-22H,1,4-16,20,36H2,2H3. The molecule has 13 heteroatoms. The molecule has 3 aliphatic heterocycles. The summed E-state index contributed by atoms with van der Waals surface area (Å²) in [6, 6.07) is 6.82. The van der Waals surface area contributed by atoms with E-state index >= 15 is 0 Å². The molecule has 0 bridgehead atoms. The summed E-state index contributed by atoms with van der Waals surface area (Å²) < 4.78 is 19.9. The Bertz CT molecular complexity index is 1670. The van der Waals surface area contributed by atoms with E-state index in [1.165, 1.54) is 17.4 Å². The van der Waals surface area contributed by atoms with Crippen molar-refractivity contribution in [2.45, 2.75) is 63.1 Å². The zero-order valence-corrected chi connectivity index (χ0v) is 27.1. The molecule has 0 radical (unpaired) electrons. The Morgan fingerprint density at radius 3 is 2.63 bits per heavy atom. The number of piperazine rings is 1. The van der Waals surface area contributed by atoms with E-state index in [0.717, 1.165) is 73.7 Å². The maximum absolute atomic E-state index is 13.9. The van der Waals surface area contributed by atoms with Crippen molar-refractivity contribution in [2.24, 2.45) is 0 Å². The van der Waals surface area contributed by atoms with Crippen molar-refractivity contribution in [3.8, 4) is 17.6 Å². The number of pyridine rings is 1. The lowest BCUT2D eigenvalue weighted by atomic mass is 9.72. The number of hydrogen-bond donors (Lipinski definition) is 1. The molecule has 0 spiro atoms. The first-order valence-electron chi connectivity index (χ1n) is 16.2. The number of thiophene rings is 1. The number of aryl methyl sites for hydroxylation is 1. The molecule has 2 unspecified atom stereocenters. The Labute approximate surface area is 272 Å². The van der Waals surface area contributed by atoms with Crippen molar-refractivity contribution in [1.82, 2.24) is 24.9 Å². The number of nitriles is 1. The molecule has 11 nitrogen and oxygen atoms in total. The van der Waals surface area contributed by atoms with Gasteiger partial charge in [0.05, 0.1) is 11.0 Å². The highest BCUT2D eigenvalue weighted by Gasteiger charge is 2.43. The number of carbonyl (C=O) groups excluding carboxylic acids is 1. The van der Waals surface area contributed by atoms with Gasteiger partial charge in [-0.1, -0.05) is 11.7 Å². The van der Waals surface area contributed by atoms with Crippen molar-refractivity contribution in [2.75, 3.05) is 67.9 Å². The number of amides is 1. The van der Waals surface area contributed by atoms with Gasteiger partial charge in [-0.15, -0.1) is 11.3 Å². The van der Waals surface area contributed by atoms with Gasteiger partial charge in [0, 0.05) is 80.6 Å². The van der Waals surface area contributed by atoms with Crippen LogP contribution in [-0.2, 0) is 16.6 Å². The number of carbonyl (C=O) groups is 1. The van der Waals surface area contributed by atoms with Crippen molar-refractivity contribution in [3.05, 3.63) is 46.7 Å². The summed E-state index contributed by atoms with van der Waals surface area (Å²) in [6.45, 7) is 11.3. The second-order valence-electron chi connectivity index (χ2n) is 13.0. The van der Waals surface area contributed by atoms with Gasteiger partial charge in [0.1, 0.15) is 28.8 Å². The molecule has 3 aromatic heterocycles. The minimum atomic E-state index is -0.716. The Balaban J connectivity index is 1.19. The third kappa shape index (κ3) is 5.51. The van der Waals surface area contributed by atoms with Crippen molar-refractivity contribution >= 4 is 33.8 Å². The van der Waals surface area contributed by atoms with E-state index < -0.39 is 11.6 Å². The second kappa shape index (κ2) is 12.3. The number of nitrogens with two attached hydrogens (primary N) is 1. The summed E-state index contributed by atoms with van der Waals surface area (Å²) in [5.41, 5.74) is 8.65. The predicted molar refractivity (Wildman–Crippen MR) is 176 cm³/mol. The van der Waals surface area contributed by atoms with Crippen molar-refractivity contribution in [1.29, 1.82) is 5.26 Å². The maximum Gasteiger partial charge on any atom is 0.246 e. The molecule has 242 valence electrons.